The third-order valence-electron chi connectivity index (χ3n) is 3.26. The minimum Gasteiger partial charge on any atom is -0.481 e. The molecule has 2 N–H and O–H groups in total. The summed E-state index contributed by atoms with van der Waals surface area (Å²) in [5, 5.41) is 18.9. The Morgan fingerprint density at radius 1 is 1.62 bits per heavy atom. The predicted octanol–water partition coefficient (Wildman–Crippen LogP) is -0.0838. The number of rotatable bonds is 1. The lowest BCUT2D eigenvalue weighted by Gasteiger charge is -2.23. The Balaban J connectivity index is 2.25. The lowest BCUT2D eigenvalue weighted by Crippen LogP contribution is -2.41. The van der Waals surface area contributed by atoms with Crippen molar-refractivity contribution >= 4 is 5.97 Å². The first kappa shape index (κ1) is 8.97. The summed E-state index contributed by atoms with van der Waals surface area (Å²) in [5.74, 6) is -1.46. The molecule has 2 heterocycles. The van der Waals surface area contributed by atoms with Crippen LogP contribution >= 0.6 is 0 Å². The molecule has 74 valence electrons. The number of aliphatic hydroxyl groups is 1. The van der Waals surface area contributed by atoms with E-state index in [1.165, 1.54) is 0 Å². The van der Waals surface area contributed by atoms with Gasteiger partial charge in [0.05, 0.1) is 5.60 Å². The fraction of sp³-hybridized carbons (Fsp3) is 0.889. The third kappa shape index (κ3) is 1.25. The van der Waals surface area contributed by atoms with Crippen molar-refractivity contribution in [2.75, 3.05) is 13.1 Å². The monoisotopic (exact) mass is 185 g/mol. The molecule has 2 aliphatic rings. The number of carboxylic acid groups (broad SMARTS) is 1. The van der Waals surface area contributed by atoms with Gasteiger partial charge in [0.1, 0.15) is 5.92 Å². The van der Waals surface area contributed by atoms with Gasteiger partial charge in [-0.15, -0.1) is 0 Å². The van der Waals surface area contributed by atoms with Crippen LogP contribution in [0.5, 0.6) is 0 Å². The number of hydrogen-bond acceptors (Lipinski definition) is 3. The minimum absolute atomic E-state index is 0.0625. The van der Waals surface area contributed by atoms with Gasteiger partial charge < -0.3 is 10.2 Å². The van der Waals surface area contributed by atoms with E-state index in [0.29, 0.717) is 6.54 Å². The van der Waals surface area contributed by atoms with Crippen molar-refractivity contribution in [3.8, 4) is 0 Å². The van der Waals surface area contributed by atoms with E-state index in [9.17, 15) is 9.90 Å². The number of carboxylic acids is 1. The van der Waals surface area contributed by atoms with Crippen molar-refractivity contribution in [2.45, 2.75) is 31.4 Å². The Labute approximate surface area is 77.2 Å². The van der Waals surface area contributed by atoms with Gasteiger partial charge in [0.2, 0.25) is 0 Å². The first-order valence-electron chi connectivity index (χ1n) is 4.71. The number of fused-ring (bicyclic) bond motifs is 1. The van der Waals surface area contributed by atoms with Crippen molar-refractivity contribution in [2.24, 2.45) is 5.92 Å². The standard InChI is InChI=1S/C9H15NO3/c1-9(13)5-10-4-2-3-6(10)7(9)8(11)12/h6-7,13H,2-5H2,1H3,(H,11,12)/t6-,7+,9+/m0/s1. The third-order valence-corrected chi connectivity index (χ3v) is 3.26. The van der Waals surface area contributed by atoms with Gasteiger partial charge in [0.15, 0.2) is 0 Å². The molecule has 0 spiro atoms. The molecule has 2 aliphatic heterocycles. The first-order valence-corrected chi connectivity index (χ1v) is 4.71. The van der Waals surface area contributed by atoms with E-state index >= 15 is 0 Å². The van der Waals surface area contributed by atoms with Gasteiger partial charge in [-0.05, 0) is 26.3 Å². The summed E-state index contributed by atoms with van der Waals surface area (Å²) >= 11 is 0. The Bertz CT molecular complexity index is 239. The molecule has 0 radical (unpaired) electrons. The molecule has 4 nitrogen and oxygen atoms in total. The molecular weight excluding hydrogens is 170 g/mol. The van der Waals surface area contributed by atoms with E-state index in [4.69, 9.17) is 5.11 Å². The van der Waals surface area contributed by atoms with Gasteiger partial charge in [-0.1, -0.05) is 0 Å². The lowest BCUT2D eigenvalue weighted by atomic mass is 9.87. The smallest absolute Gasteiger partial charge is 0.311 e. The van der Waals surface area contributed by atoms with Crippen LogP contribution in [-0.4, -0.2) is 45.8 Å². The molecule has 0 saturated carbocycles. The van der Waals surface area contributed by atoms with Crippen LogP contribution in [0.15, 0.2) is 0 Å². The second-order valence-electron chi connectivity index (χ2n) is 4.35. The highest BCUT2D eigenvalue weighted by atomic mass is 16.4. The highest BCUT2D eigenvalue weighted by Gasteiger charge is 2.53. The number of carbonyl (C=O) groups is 1. The minimum atomic E-state index is -1.04. The van der Waals surface area contributed by atoms with E-state index in [2.05, 4.69) is 4.90 Å². The number of hydrogen-bond donors (Lipinski definition) is 2. The maximum absolute atomic E-state index is 11.0. The van der Waals surface area contributed by atoms with Crippen LogP contribution in [-0.2, 0) is 4.79 Å². The molecule has 2 saturated heterocycles. The maximum atomic E-state index is 11.0. The summed E-state index contributed by atoms with van der Waals surface area (Å²) in [6.45, 7) is 3.07. The van der Waals surface area contributed by atoms with E-state index in [-0.39, 0.29) is 6.04 Å². The molecule has 13 heavy (non-hydrogen) atoms. The summed E-state index contributed by atoms with van der Waals surface area (Å²) in [6, 6.07) is 0.0625. The van der Waals surface area contributed by atoms with Crippen molar-refractivity contribution in [3.63, 3.8) is 0 Å². The summed E-state index contributed by atoms with van der Waals surface area (Å²) < 4.78 is 0. The van der Waals surface area contributed by atoms with Crippen LogP contribution in [0.2, 0.25) is 0 Å². The average molecular weight is 185 g/mol. The molecule has 4 heteroatoms. The number of aliphatic carboxylic acids is 1. The van der Waals surface area contributed by atoms with E-state index < -0.39 is 17.5 Å². The quantitative estimate of drug-likeness (QED) is 0.599. The molecule has 0 aromatic rings. The van der Waals surface area contributed by atoms with Crippen LogP contribution < -0.4 is 0 Å². The van der Waals surface area contributed by atoms with E-state index in [0.717, 1.165) is 19.4 Å². The maximum Gasteiger partial charge on any atom is 0.311 e. The second-order valence-corrected chi connectivity index (χ2v) is 4.35. The largest absolute Gasteiger partial charge is 0.481 e. The summed E-state index contributed by atoms with van der Waals surface area (Å²) in [7, 11) is 0. The summed E-state index contributed by atoms with van der Waals surface area (Å²) in [4.78, 5) is 13.1. The van der Waals surface area contributed by atoms with Gasteiger partial charge in [-0.25, -0.2) is 0 Å². The van der Waals surface area contributed by atoms with Crippen LogP contribution in [0.1, 0.15) is 19.8 Å². The molecule has 0 bridgehead atoms. The Kier molecular flexibility index (Phi) is 1.85. The Morgan fingerprint density at radius 3 is 2.92 bits per heavy atom. The van der Waals surface area contributed by atoms with Gasteiger partial charge in [-0.3, -0.25) is 9.69 Å². The SMILES string of the molecule is C[C@@]1(O)CN2CCC[C@H]2[C@@H]1C(=O)O. The zero-order valence-electron chi connectivity index (χ0n) is 7.73. The van der Waals surface area contributed by atoms with Crippen molar-refractivity contribution in [1.29, 1.82) is 0 Å². The van der Waals surface area contributed by atoms with Crippen LogP contribution in [0.25, 0.3) is 0 Å². The van der Waals surface area contributed by atoms with Crippen molar-refractivity contribution in [1.82, 2.24) is 4.90 Å². The zero-order chi connectivity index (χ0) is 9.64. The molecule has 3 atom stereocenters. The highest BCUT2D eigenvalue weighted by Crippen LogP contribution is 2.39. The topological polar surface area (TPSA) is 60.8 Å². The molecule has 0 amide bonds. The normalized spacial score (nSPS) is 45.1. The molecular formula is C9H15NO3. The molecule has 0 aliphatic carbocycles. The second kappa shape index (κ2) is 2.69. The zero-order valence-corrected chi connectivity index (χ0v) is 7.73. The fourth-order valence-corrected chi connectivity index (χ4v) is 2.78. The van der Waals surface area contributed by atoms with Gasteiger partial charge in [-0.2, -0.15) is 0 Å². The van der Waals surface area contributed by atoms with Crippen molar-refractivity contribution in [3.05, 3.63) is 0 Å². The van der Waals surface area contributed by atoms with E-state index in [1.807, 2.05) is 0 Å². The first-order chi connectivity index (χ1) is 6.02. The molecule has 0 aromatic carbocycles. The van der Waals surface area contributed by atoms with Gasteiger partial charge in [0, 0.05) is 12.6 Å². The van der Waals surface area contributed by atoms with Crippen LogP contribution in [0.3, 0.4) is 0 Å². The van der Waals surface area contributed by atoms with Crippen LogP contribution in [0, 0.1) is 5.92 Å². The van der Waals surface area contributed by atoms with Crippen LogP contribution in [0.4, 0.5) is 0 Å². The average Bonchev–Trinajstić information content (AvgIpc) is 2.41. The van der Waals surface area contributed by atoms with Gasteiger partial charge >= 0.3 is 5.97 Å². The lowest BCUT2D eigenvalue weighted by molar-refractivity contribution is -0.148. The summed E-state index contributed by atoms with van der Waals surface area (Å²) in [6.07, 6.45) is 1.97. The predicted molar refractivity (Wildman–Crippen MR) is 46.3 cm³/mol. The molecule has 0 aromatic heterocycles. The Morgan fingerprint density at radius 2 is 2.31 bits per heavy atom. The highest BCUT2D eigenvalue weighted by molar-refractivity contribution is 5.73. The molecule has 2 fully saturated rings. The van der Waals surface area contributed by atoms with E-state index in [1.54, 1.807) is 6.92 Å². The van der Waals surface area contributed by atoms with Crippen molar-refractivity contribution < 1.29 is 15.0 Å². The Hall–Kier alpha value is -0.610. The molecule has 2 rings (SSSR count). The molecule has 0 unspecified atom stereocenters. The fourth-order valence-electron chi connectivity index (χ4n) is 2.78. The van der Waals surface area contributed by atoms with Gasteiger partial charge in [0.25, 0.3) is 0 Å². The summed E-state index contributed by atoms with van der Waals surface area (Å²) in [5.41, 5.74) is -1.04. The number of nitrogens with zero attached hydrogens (tertiary/aromatic N) is 1.